The Balaban J connectivity index is 1.57. The number of hydrogen-bond donors (Lipinski definition) is 1. The molecule has 0 radical (unpaired) electrons. The fourth-order valence-corrected chi connectivity index (χ4v) is 4.03. The highest BCUT2D eigenvalue weighted by Crippen LogP contribution is 2.33. The smallest absolute Gasteiger partial charge is 0.257 e. The average Bonchev–Trinajstić information content (AvgIpc) is 3.23. The molecule has 4 rings (SSSR count). The Kier molecular flexibility index (Phi) is 5.26. The van der Waals surface area contributed by atoms with Gasteiger partial charge in [0.05, 0.1) is 36.4 Å². The Labute approximate surface area is 162 Å². The van der Waals surface area contributed by atoms with E-state index in [1.54, 1.807) is 23.2 Å². The molecule has 7 nitrogen and oxygen atoms in total. The van der Waals surface area contributed by atoms with Crippen molar-refractivity contribution < 1.29 is 13.9 Å². The van der Waals surface area contributed by atoms with Crippen LogP contribution in [0.1, 0.15) is 40.4 Å². The molecule has 2 aliphatic rings. The van der Waals surface area contributed by atoms with Crippen molar-refractivity contribution in [3.63, 3.8) is 0 Å². The summed E-state index contributed by atoms with van der Waals surface area (Å²) < 4.78 is 19.4. The third-order valence-corrected chi connectivity index (χ3v) is 5.47. The van der Waals surface area contributed by atoms with Crippen molar-refractivity contribution in [2.24, 2.45) is 0 Å². The monoisotopic (exact) mass is 383 g/mol. The Morgan fingerprint density at radius 1 is 1.32 bits per heavy atom. The lowest BCUT2D eigenvalue weighted by molar-refractivity contribution is 0.0302. The van der Waals surface area contributed by atoms with Gasteiger partial charge in [-0.15, -0.1) is 0 Å². The highest BCUT2D eigenvalue weighted by Gasteiger charge is 2.30. The first-order chi connectivity index (χ1) is 13.7. The van der Waals surface area contributed by atoms with Gasteiger partial charge in [0.15, 0.2) is 0 Å². The first-order valence-electron chi connectivity index (χ1n) is 9.53. The lowest BCUT2D eigenvalue weighted by Gasteiger charge is -2.35. The first kappa shape index (κ1) is 18.4. The minimum atomic E-state index is -0.508. The van der Waals surface area contributed by atoms with E-state index in [4.69, 9.17) is 4.74 Å². The van der Waals surface area contributed by atoms with E-state index in [9.17, 15) is 14.4 Å². The number of nitrogens with zero attached hydrogens (tertiary/aromatic N) is 4. The number of ether oxygens (including phenoxy) is 1. The molecule has 2 aromatic rings. The van der Waals surface area contributed by atoms with Crippen LogP contribution in [0.2, 0.25) is 0 Å². The standard InChI is InChI=1S/C20H22FN5O2/c21-17-4-1-5-18(15(17)11-22)26-6-2-3-14(13-26)19-16(12-23-24-19)20(27)25-7-9-28-10-8-25/h1,4-5,12,14H,2-3,6-10,13H2,(H,23,24). The van der Waals surface area contributed by atoms with Crippen molar-refractivity contribution in [1.29, 1.82) is 5.26 Å². The van der Waals surface area contributed by atoms with Gasteiger partial charge in [-0.05, 0) is 25.0 Å². The number of aromatic amines is 1. The summed E-state index contributed by atoms with van der Waals surface area (Å²) in [6.07, 6.45) is 3.38. The molecule has 2 fully saturated rings. The number of H-pyrrole nitrogens is 1. The number of morpholine rings is 1. The summed E-state index contributed by atoms with van der Waals surface area (Å²) in [7, 11) is 0. The molecule has 1 atom stereocenters. The predicted molar refractivity (Wildman–Crippen MR) is 101 cm³/mol. The number of aromatic nitrogens is 2. The van der Waals surface area contributed by atoms with Crippen molar-refractivity contribution in [2.75, 3.05) is 44.3 Å². The Hall–Kier alpha value is -2.92. The lowest BCUT2D eigenvalue weighted by Crippen LogP contribution is -2.41. The van der Waals surface area contributed by atoms with Crippen LogP contribution in [0.15, 0.2) is 24.4 Å². The number of carbonyl (C=O) groups is 1. The fraction of sp³-hybridized carbons (Fsp3) is 0.450. The zero-order valence-electron chi connectivity index (χ0n) is 15.5. The van der Waals surface area contributed by atoms with E-state index >= 15 is 0 Å². The molecular weight excluding hydrogens is 361 g/mol. The van der Waals surface area contributed by atoms with Gasteiger partial charge in [0, 0.05) is 32.1 Å². The van der Waals surface area contributed by atoms with Gasteiger partial charge in [-0.25, -0.2) is 4.39 Å². The van der Waals surface area contributed by atoms with Gasteiger partial charge in [-0.1, -0.05) is 6.07 Å². The maximum Gasteiger partial charge on any atom is 0.257 e. The summed E-state index contributed by atoms with van der Waals surface area (Å²) in [5.41, 5.74) is 2.08. The largest absolute Gasteiger partial charge is 0.378 e. The summed E-state index contributed by atoms with van der Waals surface area (Å²) in [6, 6.07) is 6.68. The van der Waals surface area contributed by atoms with Gasteiger partial charge in [0.25, 0.3) is 5.91 Å². The van der Waals surface area contributed by atoms with Crippen LogP contribution in [0.5, 0.6) is 0 Å². The van der Waals surface area contributed by atoms with E-state index in [0.717, 1.165) is 25.1 Å². The molecule has 0 saturated carbocycles. The SMILES string of the molecule is N#Cc1c(F)cccc1N1CCCC(c2[nH]ncc2C(=O)N2CCOCC2)C1. The predicted octanol–water partition coefficient (Wildman–Crippen LogP) is 2.28. The zero-order chi connectivity index (χ0) is 19.5. The third-order valence-electron chi connectivity index (χ3n) is 5.47. The lowest BCUT2D eigenvalue weighted by atomic mass is 9.91. The van der Waals surface area contributed by atoms with E-state index in [1.165, 1.54) is 6.07 Å². The molecule has 1 aromatic carbocycles. The molecule has 1 unspecified atom stereocenters. The molecule has 1 amide bonds. The number of hydrogen-bond acceptors (Lipinski definition) is 5. The molecule has 2 aliphatic heterocycles. The molecule has 28 heavy (non-hydrogen) atoms. The number of halogens is 1. The number of piperidine rings is 1. The summed E-state index contributed by atoms with van der Waals surface area (Å²) in [4.78, 5) is 16.7. The number of anilines is 1. The quantitative estimate of drug-likeness (QED) is 0.879. The molecule has 2 saturated heterocycles. The van der Waals surface area contributed by atoms with E-state index in [-0.39, 0.29) is 17.4 Å². The van der Waals surface area contributed by atoms with Crippen molar-refractivity contribution in [3.05, 3.63) is 47.0 Å². The second kappa shape index (κ2) is 7.98. The topological polar surface area (TPSA) is 85.2 Å². The summed E-state index contributed by atoms with van der Waals surface area (Å²) in [5, 5.41) is 16.5. The number of nitriles is 1. The number of nitrogens with one attached hydrogen (secondary N) is 1. The van der Waals surface area contributed by atoms with Crippen LogP contribution in [-0.2, 0) is 4.74 Å². The van der Waals surface area contributed by atoms with Gasteiger partial charge >= 0.3 is 0 Å². The second-order valence-corrected chi connectivity index (χ2v) is 7.13. The molecular formula is C20H22FN5O2. The average molecular weight is 383 g/mol. The molecule has 0 spiro atoms. The molecule has 146 valence electrons. The van der Waals surface area contributed by atoms with Crippen molar-refractivity contribution in [2.45, 2.75) is 18.8 Å². The molecule has 8 heteroatoms. The number of amides is 1. The second-order valence-electron chi connectivity index (χ2n) is 7.13. The molecule has 0 bridgehead atoms. The molecule has 1 N–H and O–H groups in total. The molecule has 1 aromatic heterocycles. The van der Waals surface area contributed by atoms with E-state index in [1.807, 2.05) is 11.0 Å². The van der Waals surface area contributed by atoms with Crippen molar-refractivity contribution in [1.82, 2.24) is 15.1 Å². The Morgan fingerprint density at radius 2 is 2.14 bits per heavy atom. The van der Waals surface area contributed by atoms with Crippen LogP contribution in [0.25, 0.3) is 0 Å². The highest BCUT2D eigenvalue weighted by molar-refractivity contribution is 5.95. The number of rotatable bonds is 3. The normalized spacial score (nSPS) is 20.1. The number of benzene rings is 1. The zero-order valence-corrected chi connectivity index (χ0v) is 15.5. The molecule has 0 aliphatic carbocycles. The Morgan fingerprint density at radius 3 is 2.93 bits per heavy atom. The molecule has 3 heterocycles. The van der Waals surface area contributed by atoms with Gasteiger partial charge in [-0.2, -0.15) is 10.4 Å². The Bertz CT molecular complexity index is 900. The number of carbonyl (C=O) groups excluding carboxylic acids is 1. The van der Waals surface area contributed by atoms with Gasteiger partial charge in [0.1, 0.15) is 17.4 Å². The van der Waals surface area contributed by atoms with Gasteiger partial charge < -0.3 is 14.5 Å². The van der Waals surface area contributed by atoms with Crippen LogP contribution in [0, 0.1) is 17.1 Å². The first-order valence-corrected chi connectivity index (χ1v) is 9.53. The van der Waals surface area contributed by atoms with Crippen LogP contribution < -0.4 is 4.90 Å². The van der Waals surface area contributed by atoms with Crippen LogP contribution in [-0.4, -0.2) is 60.4 Å². The van der Waals surface area contributed by atoms with Crippen LogP contribution in [0.3, 0.4) is 0 Å². The third kappa shape index (κ3) is 3.45. The minimum Gasteiger partial charge on any atom is -0.378 e. The van der Waals surface area contributed by atoms with E-state index in [2.05, 4.69) is 10.2 Å². The van der Waals surface area contributed by atoms with Gasteiger partial charge in [-0.3, -0.25) is 9.89 Å². The highest BCUT2D eigenvalue weighted by atomic mass is 19.1. The van der Waals surface area contributed by atoms with Gasteiger partial charge in [0.2, 0.25) is 0 Å². The maximum atomic E-state index is 14.0. The van der Waals surface area contributed by atoms with Crippen molar-refractivity contribution >= 4 is 11.6 Å². The van der Waals surface area contributed by atoms with Crippen LogP contribution >= 0.6 is 0 Å². The van der Waals surface area contributed by atoms with E-state index < -0.39 is 5.82 Å². The van der Waals surface area contributed by atoms with Crippen molar-refractivity contribution in [3.8, 4) is 6.07 Å². The summed E-state index contributed by atoms with van der Waals surface area (Å²) in [6.45, 7) is 3.60. The summed E-state index contributed by atoms with van der Waals surface area (Å²) in [5.74, 6) is -0.481. The van der Waals surface area contributed by atoms with E-state index in [0.29, 0.717) is 44.1 Å². The minimum absolute atomic E-state index is 0.0346. The maximum absolute atomic E-state index is 14.0. The fourth-order valence-electron chi connectivity index (χ4n) is 4.03. The van der Waals surface area contributed by atoms with Crippen LogP contribution in [0.4, 0.5) is 10.1 Å². The summed E-state index contributed by atoms with van der Waals surface area (Å²) >= 11 is 0.